The van der Waals surface area contributed by atoms with Crippen LogP contribution >= 0.6 is 23.8 Å². The molecule has 0 aliphatic carbocycles. The van der Waals surface area contributed by atoms with Crippen molar-refractivity contribution in [1.82, 2.24) is 10.2 Å². The molecule has 3 nitrogen and oxygen atoms in total. The maximum atomic E-state index is 12.1. The van der Waals surface area contributed by atoms with Crippen molar-refractivity contribution in [1.29, 1.82) is 0 Å². The zero-order chi connectivity index (χ0) is 14.0. The summed E-state index contributed by atoms with van der Waals surface area (Å²) in [5.74, 6) is -0.327. The number of halogens is 4. The van der Waals surface area contributed by atoms with Crippen molar-refractivity contribution in [3.05, 3.63) is 40.1 Å². The van der Waals surface area contributed by atoms with Gasteiger partial charge in [-0.2, -0.15) is 5.10 Å². The van der Waals surface area contributed by atoms with Gasteiger partial charge in [-0.25, -0.2) is 0 Å². The van der Waals surface area contributed by atoms with Crippen molar-refractivity contribution >= 4 is 23.8 Å². The highest BCUT2D eigenvalue weighted by atomic mass is 35.5. The molecule has 0 aliphatic heterocycles. The smallest absolute Gasteiger partial charge is 0.406 e. The largest absolute Gasteiger partial charge is 0.573 e. The Bertz CT molecular complexity index is 657. The molecule has 1 heterocycles. The molecule has 2 rings (SSSR count). The Morgan fingerprint density at radius 3 is 2.68 bits per heavy atom. The highest BCUT2D eigenvalue weighted by molar-refractivity contribution is 7.71. The SMILES string of the molecule is FC(F)(F)Oc1cccc(-c2cc(Cl)n[nH]c2=S)c1. The second-order valence-corrected chi connectivity index (χ2v) is 4.30. The van der Waals surface area contributed by atoms with Crippen LogP contribution < -0.4 is 4.74 Å². The number of nitrogens with zero attached hydrogens (tertiary/aromatic N) is 1. The van der Waals surface area contributed by atoms with E-state index >= 15 is 0 Å². The Balaban J connectivity index is 2.43. The van der Waals surface area contributed by atoms with Crippen molar-refractivity contribution < 1.29 is 17.9 Å². The van der Waals surface area contributed by atoms with Crippen LogP contribution in [0.2, 0.25) is 5.15 Å². The molecule has 0 bridgehead atoms. The minimum absolute atomic E-state index is 0.158. The highest BCUT2D eigenvalue weighted by Crippen LogP contribution is 2.28. The van der Waals surface area contributed by atoms with Gasteiger partial charge in [0.2, 0.25) is 0 Å². The second kappa shape index (κ2) is 5.18. The van der Waals surface area contributed by atoms with Crippen molar-refractivity contribution in [2.75, 3.05) is 0 Å². The number of alkyl halides is 3. The van der Waals surface area contributed by atoms with E-state index in [-0.39, 0.29) is 15.5 Å². The van der Waals surface area contributed by atoms with Gasteiger partial charge in [-0.15, -0.1) is 13.2 Å². The van der Waals surface area contributed by atoms with Gasteiger partial charge in [-0.05, 0) is 23.8 Å². The lowest BCUT2D eigenvalue weighted by Gasteiger charge is -2.10. The summed E-state index contributed by atoms with van der Waals surface area (Å²) in [6.07, 6.45) is -4.74. The molecule has 0 spiro atoms. The van der Waals surface area contributed by atoms with Gasteiger partial charge in [0.05, 0.1) is 0 Å². The van der Waals surface area contributed by atoms with Crippen LogP contribution in [-0.2, 0) is 0 Å². The number of aromatic amines is 1. The summed E-state index contributed by atoms with van der Waals surface area (Å²) in [5, 5.41) is 6.33. The molecule has 0 atom stereocenters. The van der Waals surface area contributed by atoms with Crippen LogP contribution in [0, 0.1) is 4.64 Å². The van der Waals surface area contributed by atoms with Gasteiger partial charge < -0.3 is 4.74 Å². The van der Waals surface area contributed by atoms with Crippen molar-refractivity contribution in [2.45, 2.75) is 6.36 Å². The molecule has 19 heavy (non-hydrogen) atoms. The molecule has 0 radical (unpaired) electrons. The van der Waals surface area contributed by atoms with E-state index in [1.54, 1.807) is 6.07 Å². The molecule has 0 aliphatic rings. The average Bonchev–Trinajstić information content (AvgIpc) is 2.30. The van der Waals surface area contributed by atoms with E-state index in [1.807, 2.05) is 0 Å². The molecule has 1 aromatic carbocycles. The minimum Gasteiger partial charge on any atom is -0.406 e. The van der Waals surface area contributed by atoms with Crippen molar-refractivity contribution in [3.63, 3.8) is 0 Å². The number of nitrogens with one attached hydrogen (secondary N) is 1. The number of hydrogen-bond donors (Lipinski definition) is 1. The van der Waals surface area contributed by atoms with Gasteiger partial charge >= 0.3 is 6.36 Å². The van der Waals surface area contributed by atoms with Gasteiger partial charge in [-0.3, -0.25) is 5.10 Å². The van der Waals surface area contributed by atoms with Crippen LogP contribution in [-0.4, -0.2) is 16.6 Å². The Labute approximate surface area is 116 Å². The third-order valence-electron chi connectivity index (χ3n) is 2.15. The molecule has 0 amide bonds. The van der Waals surface area contributed by atoms with Crippen LogP contribution in [0.1, 0.15) is 0 Å². The third kappa shape index (κ3) is 3.68. The maximum Gasteiger partial charge on any atom is 0.573 e. The number of ether oxygens (including phenoxy) is 1. The number of benzene rings is 1. The van der Waals surface area contributed by atoms with E-state index in [1.165, 1.54) is 24.3 Å². The van der Waals surface area contributed by atoms with Crippen LogP contribution in [0.4, 0.5) is 13.2 Å². The fraction of sp³-hybridized carbons (Fsp3) is 0.0909. The molecule has 1 N–H and O–H groups in total. The highest BCUT2D eigenvalue weighted by Gasteiger charge is 2.31. The molecule has 0 fully saturated rings. The Kier molecular flexibility index (Phi) is 3.77. The lowest BCUT2D eigenvalue weighted by molar-refractivity contribution is -0.274. The maximum absolute atomic E-state index is 12.1. The first-order valence-corrected chi connectivity index (χ1v) is 5.75. The first-order valence-electron chi connectivity index (χ1n) is 4.96. The topological polar surface area (TPSA) is 37.9 Å². The van der Waals surface area contributed by atoms with Gasteiger partial charge in [0.1, 0.15) is 15.5 Å². The van der Waals surface area contributed by atoms with E-state index in [0.717, 1.165) is 0 Å². The third-order valence-corrected chi connectivity index (χ3v) is 2.66. The van der Waals surface area contributed by atoms with Gasteiger partial charge in [0.25, 0.3) is 0 Å². The first-order chi connectivity index (χ1) is 8.85. The van der Waals surface area contributed by atoms with E-state index < -0.39 is 6.36 Å². The Morgan fingerprint density at radius 1 is 1.26 bits per heavy atom. The summed E-state index contributed by atoms with van der Waals surface area (Å²) < 4.78 is 40.5. The number of H-pyrrole nitrogens is 1. The van der Waals surface area contributed by atoms with Crippen LogP contribution in [0.3, 0.4) is 0 Å². The summed E-state index contributed by atoms with van der Waals surface area (Å²) in [7, 11) is 0. The predicted molar refractivity (Wildman–Crippen MR) is 66.6 cm³/mol. The lowest BCUT2D eigenvalue weighted by atomic mass is 10.1. The normalized spacial score (nSPS) is 11.4. The summed E-state index contributed by atoms with van der Waals surface area (Å²) in [6, 6.07) is 6.92. The lowest BCUT2D eigenvalue weighted by Crippen LogP contribution is -2.17. The summed E-state index contributed by atoms with van der Waals surface area (Å²) in [4.78, 5) is 0. The van der Waals surface area contributed by atoms with Crippen LogP contribution in [0.25, 0.3) is 11.1 Å². The summed E-state index contributed by atoms with van der Waals surface area (Å²) >= 11 is 10.7. The fourth-order valence-corrected chi connectivity index (χ4v) is 1.83. The fourth-order valence-electron chi connectivity index (χ4n) is 1.46. The number of rotatable bonds is 2. The number of hydrogen-bond acceptors (Lipinski definition) is 3. The second-order valence-electron chi connectivity index (χ2n) is 3.51. The zero-order valence-electron chi connectivity index (χ0n) is 9.16. The van der Waals surface area contributed by atoms with Gasteiger partial charge in [0.15, 0.2) is 0 Å². The Morgan fingerprint density at radius 2 is 2.00 bits per heavy atom. The van der Waals surface area contributed by atoms with E-state index in [0.29, 0.717) is 11.1 Å². The van der Waals surface area contributed by atoms with Crippen molar-refractivity contribution in [3.8, 4) is 16.9 Å². The van der Waals surface area contributed by atoms with E-state index in [4.69, 9.17) is 23.8 Å². The van der Waals surface area contributed by atoms with Crippen LogP contribution in [0.5, 0.6) is 5.75 Å². The summed E-state index contributed by atoms with van der Waals surface area (Å²) in [5.41, 5.74) is 0.926. The first kappa shape index (κ1) is 13.8. The molecule has 0 saturated heterocycles. The average molecular weight is 307 g/mol. The quantitative estimate of drug-likeness (QED) is 0.838. The van der Waals surface area contributed by atoms with Gasteiger partial charge in [-0.1, -0.05) is 36.0 Å². The Hall–Kier alpha value is -1.60. The molecular weight excluding hydrogens is 301 g/mol. The molecule has 8 heteroatoms. The molecular formula is C11H6ClF3N2OS. The molecule has 0 unspecified atom stereocenters. The predicted octanol–water partition coefficient (Wildman–Crippen LogP) is 4.36. The molecule has 1 aromatic heterocycles. The summed E-state index contributed by atoms with van der Waals surface area (Å²) in [6.45, 7) is 0. The monoisotopic (exact) mass is 306 g/mol. The molecule has 2 aromatic rings. The molecule has 100 valence electrons. The number of aromatic nitrogens is 2. The zero-order valence-corrected chi connectivity index (χ0v) is 10.7. The van der Waals surface area contributed by atoms with E-state index in [2.05, 4.69) is 14.9 Å². The van der Waals surface area contributed by atoms with Gasteiger partial charge in [0, 0.05) is 5.56 Å². The van der Waals surface area contributed by atoms with Crippen molar-refractivity contribution in [2.24, 2.45) is 0 Å². The van der Waals surface area contributed by atoms with Crippen LogP contribution in [0.15, 0.2) is 30.3 Å². The molecule has 0 saturated carbocycles. The van der Waals surface area contributed by atoms with E-state index in [9.17, 15) is 13.2 Å². The standard InChI is InChI=1S/C11H6ClF3N2OS/c12-9-5-8(10(19)17-16-9)6-2-1-3-7(4-6)18-11(13,14)15/h1-5H,(H,17,19). The minimum atomic E-state index is -4.74.